The number of H-pyrrole nitrogens is 1. The van der Waals surface area contributed by atoms with Crippen LogP contribution in [0.5, 0.6) is 0 Å². The minimum Gasteiger partial charge on any atom is -0.381 e. The van der Waals surface area contributed by atoms with Crippen molar-refractivity contribution in [3.63, 3.8) is 0 Å². The Labute approximate surface area is 98.8 Å². The molecule has 1 saturated heterocycles. The maximum atomic E-state index is 6.28. The lowest BCUT2D eigenvalue weighted by molar-refractivity contribution is 0.180. The first kappa shape index (κ1) is 10.5. The number of hydrogen-bond acceptors (Lipinski definition) is 4. The second-order valence-electron chi connectivity index (χ2n) is 4.29. The molecule has 2 unspecified atom stereocenters. The van der Waals surface area contributed by atoms with Gasteiger partial charge in [0.1, 0.15) is 0 Å². The van der Waals surface area contributed by atoms with Crippen molar-refractivity contribution in [3.8, 4) is 5.69 Å². The quantitative estimate of drug-likeness (QED) is 0.814. The Morgan fingerprint density at radius 1 is 1.53 bits per heavy atom. The fraction of sp³-hybridized carbons (Fsp3) is 0.455. The van der Waals surface area contributed by atoms with Crippen LogP contribution in [0.4, 0.5) is 0 Å². The van der Waals surface area contributed by atoms with Gasteiger partial charge in [-0.05, 0) is 6.42 Å². The molecule has 0 aromatic carbocycles. The van der Waals surface area contributed by atoms with Crippen molar-refractivity contribution < 1.29 is 4.74 Å². The Morgan fingerprint density at radius 3 is 3.18 bits per heavy atom. The van der Waals surface area contributed by atoms with Crippen molar-refractivity contribution in [2.45, 2.75) is 12.5 Å². The first-order valence-corrected chi connectivity index (χ1v) is 5.71. The fourth-order valence-electron chi connectivity index (χ4n) is 2.22. The second-order valence-corrected chi connectivity index (χ2v) is 4.29. The highest BCUT2D eigenvalue weighted by Crippen LogP contribution is 2.27. The van der Waals surface area contributed by atoms with Crippen LogP contribution in [0.3, 0.4) is 0 Å². The molecule has 6 nitrogen and oxygen atoms in total. The number of aromatic amines is 1. The van der Waals surface area contributed by atoms with Crippen LogP contribution in [-0.2, 0) is 4.74 Å². The molecule has 6 heteroatoms. The van der Waals surface area contributed by atoms with Gasteiger partial charge < -0.3 is 10.5 Å². The van der Waals surface area contributed by atoms with Gasteiger partial charge >= 0.3 is 0 Å². The van der Waals surface area contributed by atoms with Gasteiger partial charge in [-0.2, -0.15) is 5.10 Å². The van der Waals surface area contributed by atoms with Gasteiger partial charge in [-0.1, -0.05) is 0 Å². The third-order valence-electron chi connectivity index (χ3n) is 3.24. The summed E-state index contributed by atoms with van der Waals surface area (Å²) in [6.45, 7) is 1.54. The van der Waals surface area contributed by atoms with E-state index in [2.05, 4.69) is 15.2 Å². The van der Waals surface area contributed by atoms with E-state index in [1.165, 1.54) is 0 Å². The van der Waals surface area contributed by atoms with E-state index in [0.717, 1.165) is 31.0 Å². The van der Waals surface area contributed by atoms with Gasteiger partial charge in [0.15, 0.2) is 0 Å². The Balaban J connectivity index is 1.90. The molecule has 0 aliphatic carbocycles. The van der Waals surface area contributed by atoms with Crippen molar-refractivity contribution >= 4 is 0 Å². The SMILES string of the molecule is NC(c1cncn1-c1cn[nH]c1)C1CCOC1. The maximum absolute atomic E-state index is 6.28. The van der Waals surface area contributed by atoms with Crippen LogP contribution in [0.15, 0.2) is 24.9 Å². The van der Waals surface area contributed by atoms with E-state index >= 15 is 0 Å². The average molecular weight is 233 g/mol. The van der Waals surface area contributed by atoms with E-state index in [-0.39, 0.29) is 6.04 Å². The highest BCUT2D eigenvalue weighted by molar-refractivity contribution is 5.29. The first-order chi connectivity index (χ1) is 8.36. The smallest absolute Gasteiger partial charge is 0.0995 e. The Morgan fingerprint density at radius 2 is 2.47 bits per heavy atom. The van der Waals surface area contributed by atoms with Gasteiger partial charge in [0.05, 0.1) is 42.8 Å². The third-order valence-corrected chi connectivity index (χ3v) is 3.24. The van der Waals surface area contributed by atoms with E-state index in [1.807, 2.05) is 17.0 Å². The molecule has 0 radical (unpaired) electrons. The fourth-order valence-corrected chi connectivity index (χ4v) is 2.22. The zero-order chi connectivity index (χ0) is 11.7. The Hall–Kier alpha value is -1.66. The van der Waals surface area contributed by atoms with E-state index in [4.69, 9.17) is 10.5 Å². The minimum atomic E-state index is -0.0464. The third kappa shape index (κ3) is 1.85. The molecule has 1 fully saturated rings. The van der Waals surface area contributed by atoms with E-state index in [1.54, 1.807) is 12.5 Å². The predicted octanol–water partition coefficient (Wildman–Crippen LogP) is 0.632. The van der Waals surface area contributed by atoms with Crippen LogP contribution >= 0.6 is 0 Å². The molecule has 2 aromatic rings. The molecule has 90 valence electrons. The lowest BCUT2D eigenvalue weighted by Gasteiger charge is -2.18. The summed E-state index contributed by atoms with van der Waals surface area (Å²) in [5.74, 6) is 0.373. The summed E-state index contributed by atoms with van der Waals surface area (Å²) in [5, 5.41) is 6.73. The lowest BCUT2D eigenvalue weighted by atomic mass is 9.97. The lowest BCUT2D eigenvalue weighted by Crippen LogP contribution is -2.23. The summed E-state index contributed by atoms with van der Waals surface area (Å²) in [5.41, 5.74) is 8.23. The molecule has 0 spiro atoms. The van der Waals surface area contributed by atoms with Crippen molar-refractivity contribution in [2.24, 2.45) is 11.7 Å². The van der Waals surface area contributed by atoms with E-state index in [9.17, 15) is 0 Å². The van der Waals surface area contributed by atoms with E-state index < -0.39 is 0 Å². The molecule has 1 aliphatic heterocycles. The Bertz CT molecular complexity index is 472. The summed E-state index contributed by atoms with van der Waals surface area (Å²) in [4.78, 5) is 4.17. The monoisotopic (exact) mass is 233 g/mol. The van der Waals surface area contributed by atoms with Crippen molar-refractivity contribution in [2.75, 3.05) is 13.2 Å². The molecular formula is C11H15N5O. The number of aromatic nitrogens is 4. The number of ether oxygens (including phenoxy) is 1. The standard InChI is InChI=1S/C11H15N5O/c12-11(8-1-2-17-6-8)10-5-13-7-16(10)9-3-14-15-4-9/h3-5,7-8,11H,1-2,6,12H2,(H,14,15). The van der Waals surface area contributed by atoms with Gasteiger partial charge in [-0.15, -0.1) is 0 Å². The summed E-state index contributed by atoms with van der Waals surface area (Å²) in [7, 11) is 0. The molecule has 2 aromatic heterocycles. The highest BCUT2D eigenvalue weighted by Gasteiger charge is 2.26. The molecule has 2 atom stereocenters. The zero-order valence-corrected chi connectivity index (χ0v) is 9.41. The number of hydrogen-bond donors (Lipinski definition) is 2. The van der Waals surface area contributed by atoms with Crippen LogP contribution in [-0.4, -0.2) is 33.0 Å². The first-order valence-electron chi connectivity index (χ1n) is 5.71. The molecule has 0 bridgehead atoms. The maximum Gasteiger partial charge on any atom is 0.0995 e. The molecule has 1 aliphatic rings. The summed E-state index contributed by atoms with van der Waals surface area (Å²) < 4.78 is 7.34. The normalized spacial score (nSPS) is 21.8. The van der Waals surface area contributed by atoms with Gasteiger partial charge in [0.25, 0.3) is 0 Å². The van der Waals surface area contributed by atoms with Crippen molar-refractivity contribution in [3.05, 3.63) is 30.6 Å². The summed E-state index contributed by atoms with van der Waals surface area (Å²) in [6.07, 6.45) is 8.16. The van der Waals surface area contributed by atoms with Gasteiger partial charge in [0.2, 0.25) is 0 Å². The largest absolute Gasteiger partial charge is 0.381 e. The van der Waals surface area contributed by atoms with Crippen LogP contribution < -0.4 is 5.73 Å². The molecule has 0 amide bonds. The highest BCUT2D eigenvalue weighted by atomic mass is 16.5. The number of imidazole rings is 1. The topological polar surface area (TPSA) is 81.8 Å². The predicted molar refractivity (Wildman–Crippen MR) is 61.6 cm³/mol. The number of nitrogens with one attached hydrogen (secondary N) is 1. The van der Waals surface area contributed by atoms with Crippen LogP contribution in [0.2, 0.25) is 0 Å². The van der Waals surface area contributed by atoms with E-state index in [0.29, 0.717) is 5.92 Å². The second kappa shape index (κ2) is 4.31. The van der Waals surface area contributed by atoms with Crippen molar-refractivity contribution in [1.82, 2.24) is 19.7 Å². The zero-order valence-electron chi connectivity index (χ0n) is 9.41. The molecular weight excluding hydrogens is 218 g/mol. The van der Waals surface area contributed by atoms with Gasteiger partial charge in [-0.3, -0.25) is 9.67 Å². The van der Waals surface area contributed by atoms with Crippen molar-refractivity contribution in [1.29, 1.82) is 0 Å². The van der Waals surface area contributed by atoms with Crippen LogP contribution in [0, 0.1) is 5.92 Å². The molecule has 3 N–H and O–H groups in total. The molecule has 0 saturated carbocycles. The number of rotatable bonds is 3. The molecule has 3 heterocycles. The summed E-state index contributed by atoms with van der Waals surface area (Å²) >= 11 is 0. The molecule has 3 rings (SSSR count). The van der Waals surface area contributed by atoms with Gasteiger partial charge in [0, 0.05) is 18.7 Å². The minimum absolute atomic E-state index is 0.0464. The van der Waals surface area contributed by atoms with Gasteiger partial charge in [-0.25, -0.2) is 4.98 Å². The number of nitrogens with zero attached hydrogens (tertiary/aromatic N) is 3. The van der Waals surface area contributed by atoms with Crippen LogP contribution in [0.1, 0.15) is 18.2 Å². The summed E-state index contributed by atoms with van der Waals surface area (Å²) in [6, 6.07) is -0.0464. The average Bonchev–Trinajstić information content (AvgIpc) is 3.09. The van der Waals surface area contributed by atoms with Crippen LogP contribution in [0.25, 0.3) is 5.69 Å². The molecule has 17 heavy (non-hydrogen) atoms. The number of nitrogens with two attached hydrogens (primary N) is 1. The Kier molecular flexibility index (Phi) is 2.66.